The summed E-state index contributed by atoms with van der Waals surface area (Å²) >= 11 is 1.70. The molecule has 0 fully saturated rings. The second-order valence-electron chi connectivity index (χ2n) is 5.09. The summed E-state index contributed by atoms with van der Waals surface area (Å²) in [5, 5.41) is 5.45. The number of carbonyl (C=O) groups excluding carboxylic acids is 1. The van der Waals surface area contributed by atoms with Gasteiger partial charge in [0, 0.05) is 16.6 Å². The first-order valence-electron chi connectivity index (χ1n) is 6.75. The molecule has 0 aliphatic carbocycles. The molecule has 21 heavy (non-hydrogen) atoms. The van der Waals surface area contributed by atoms with E-state index in [0.29, 0.717) is 11.7 Å². The number of thiophene rings is 1. The topological polar surface area (TPSA) is 64.1 Å². The van der Waals surface area contributed by atoms with Crippen molar-refractivity contribution in [3.05, 3.63) is 40.0 Å². The lowest BCUT2D eigenvalue weighted by Gasteiger charge is -2.22. The maximum Gasteiger partial charge on any atom is 0.376 e. The van der Waals surface area contributed by atoms with E-state index in [-0.39, 0.29) is 11.9 Å². The van der Waals surface area contributed by atoms with Crippen LogP contribution in [0.2, 0.25) is 0 Å². The van der Waals surface area contributed by atoms with Gasteiger partial charge < -0.3 is 10.1 Å². The minimum Gasteiger partial charge on any atom is -0.463 e. The molecule has 112 valence electrons. The number of carbonyl (C=O) groups is 1. The van der Waals surface area contributed by atoms with Crippen molar-refractivity contribution in [1.82, 2.24) is 9.97 Å². The predicted octanol–water partition coefficient (Wildman–Crippen LogP) is 3.44. The lowest BCUT2D eigenvalue weighted by Crippen LogP contribution is -2.18. The van der Waals surface area contributed by atoms with Crippen molar-refractivity contribution in [2.24, 2.45) is 5.92 Å². The third-order valence-corrected chi connectivity index (χ3v) is 4.00. The molecule has 0 spiro atoms. The molecule has 0 aliphatic heterocycles. The van der Waals surface area contributed by atoms with E-state index >= 15 is 0 Å². The quantitative estimate of drug-likeness (QED) is 0.857. The number of nitrogens with zero attached hydrogens (tertiary/aromatic N) is 2. The first-order chi connectivity index (χ1) is 10.0. The van der Waals surface area contributed by atoms with Crippen molar-refractivity contribution in [2.45, 2.75) is 26.8 Å². The predicted molar refractivity (Wildman–Crippen MR) is 83.6 cm³/mol. The number of rotatable bonds is 5. The first-order valence-corrected chi connectivity index (χ1v) is 7.63. The SMILES string of the molecule is COC(=O)c1nc(C)cc(NC(c2cccs2)C(C)C)n1. The van der Waals surface area contributed by atoms with E-state index in [9.17, 15) is 4.79 Å². The molecule has 1 unspecified atom stereocenters. The van der Waals surface area contributed by atoms with Gasteiger partial charge in [-0.2, -0.15) is 0 Å². The zero-order valence-corrected chi connectivity index (χ0v) is 13.4. The molecule has 0 saturated carbocycles. The summed E-state index contributed by atoms with van der Waals surface area (Å²) in [7, 11) is 1.32. The second kappa shape index (κ2) is 6.67. The van der Waals surface area contributed by atoms with Crippen LogP contribution in [0, 0.1) is 12.8 Å². The van der Waals surface area contributed by atoms with Crippen LogP contribution in [0.1, 0.15) is 41.1 Å². The third kappa shape index (κ3) is 3.78. The van der Waals surface area contributed by atoms with E-state index < -0.39 is 5.97 Å². The van der Waals surface area contributed by atoms with Gasteiger partial charge in [-0.3, -0.25) is 0 Å². The van der Waals surface area contributed by atoms with E-state index in [1.165, 1.54) is 12.0 Å². The molecule has 1 N–H and O–H groups in total. The Morgan fingerprint density at radius 1 is 1.38 bits per heavy atom. The van der Waals surface area contributed by atoms with Gasteiger partial charge in [0.2, 0.25) is 5.82 Å². The molecule has 0 radical (unpaired) electrons. The van der Waals surface area contributed by atoms with Crippen molar-refractivity contribution < 1.29 is 9.53 Å². The van der Waals surface area contributed by atoms with E-state index in [4.69, 9.17) is 0 Å². The molecule has 0 amide bonds. The Hall–Kier alpha value is -1.95. The van der Waals surface area contributed by atoms with Gasteiger partial charge in [0.25, 0.3) is 0 Å². The zero-order chi connectivity index (χ0) is 15.4. The maximum absolute atomic E-state index is 11.6. The van der Waals surface area contributed by atoms with Crippen molar-refractivity contribution >= 4 is 23.1 Å². The zero-order valence-electron chi connectivity index (χ0n) is 12.6. The lowest BCUT2D eigenvalue weighted by atomic mass is 10.0. The highest BCUT2D eigenvalue weighted by Crippen LogP contribution is 2.29. The van der Waals surface area contributed by atoms with Gasteiger partial charge in [-0.25, -0.2) is 14.8 Å². The minimum absolute atomic E-state index is 0.0775. The highest BCUT2D eigenvalue weighted by atomic mass is 32.1. The normalized spacial score (nSPS) is 12.2. The highest BCUT2D eigenvalue weighted by molar-refractivity contribution is 7.10. The number of hydrogen-bond acceptors (Lipinski definition) is 6. The number of ether oxygens (including phenoxy) is 1. The summed E-state index contributed by atoms with van der Waals surface area (Å²) in [6.07, 6.45) is 0. The molecule has 0 saturated heterocycles. The highest BCUT2D eigenvalue weighted by Gasteiger charge is 2.19. The molecule has 6 heteroatoms. The van der Waals surface area contributed by atoms with Crippen molar-refractivity contribution in [3.63, 3.8) is 0 Å². The largest absolute Gasteiger partial charge is 0.463 e. The standard InChI is InChI=1S/C15H19N3O2S/c1-9(2)13(11-6-5-7-21-11)17-12-8-10(3)16-14(18-12)15(19)20-4/h5-9,13H,1-4H3,(H,16,17,18). The summed E-state index contributed by atoms with van der Waals surface area (Å²) in [5.41, 5.74) is 0.724. The van der Waals surface area contributed by atoms with Crippen molar-refractivity contribution in [1.29, 1.82) is 0 Å². The van der Waals surface area contributed by atoms with Crippen LogP contribution in [-0.4, -0.2) is 23.0 Å². The molecular formula is C15H19N3O2S. The monoisotopic (exact) mass is 305 g/mol. The molecule has 2 aromatic heterocycles. The summed E-state index contributed by atoms with van der Waals surface area (Å²) in [6.45, 7) is 6.12. The van der Waals surface area contributed by atoms with Gasteiger partial charge >= 0.3 is 5.97 Å². The van der Waals surface area contributed by atoms with Gasteiger partial charge in [-0.05, 0) is 24.3 Å². The van der Waals surface area contributed by atoms with Gasteiger partial charge in [-0.15, -0.1) is 11.3 Å². The van der Waals surface area contributed by atoms with E-state index in [0.717, 1.165) is 5.69 Å². The van der Waals surface area contributed by atoms with Crippen molar-refractivity contribution in [2.75, 3.05) is 12.4 Å². The smallest absolute Gasteiger partial charge is 0.376 e. The summed E-state index contributed by atoms with van der Waals surface area (Å²) in [6, 6.07) is 6.10. The molecule has 2 heterocycles. The van der Waals surface area contributed by atoms with E-state index in [1.54, 1.807) is 11.3 Å². The molecule has 0 aromatic carbocycles. The molecule has 2 aromatic rings. The molecular weight excluding hydrogens is 286 g/mol. The molecule has 0 bridgehead atoms. The van der Waals surface area contributed by atoms with Crippen LogP contribution in [0.5, 0.6) is 0 Å². The van der Waals surface area contributed by atoms with Crippen LogP contribution in [0.25, 0.3) is 0 Å². The summed E-state index contributed by atoms with van der Waals surface area (Å²) < 4.78 is 4.68. The number of aryl methyl sites for hydroxylation is 1. The maximum atomic E-state index is 11.6. The van der Waals surface area contributed by atoms with Gasteiger partial charge in [-0.1, -0.05) is 19.9 Å². The molecule has 1 atom stereocenters. The first kappa shape index (κ1) is 15.4. The fourth-order valence-electron chi connectivity index (χ4n) is 2.02. The number of esters is 1. The number of anilines is 1. The lowest BCUT2D eigenvalue weighted by molar-refractivity contribution is 0.0586. The van der Waals surface area contributed by atoms with Crippen LogP contribution in [0.15, 0.2) is 23.6 Å². The fourth-order valence-corrected chi connectivity index (χ4v) is 2.97. The van der Waals surface area contributed by atoms with Gasteiger partial charge in [0.15, 0.2) is 0 Å². The average molecular weight is 305 g/mol. The average Bonchev–Trinajstić information content (AvgIpc) is 2.96. The molecule has 2 rings (SSSR count). The van der Waals surface area contributed by atoms with E-state index in [1.807, 2.05) is 19.1 Å². The van der Waals surface area contributed by atoms with Crippen LogP contribution >= 0.6 is 11.3 Å². The fraction of sp³-hybridized carbons (Fsp3) is 0.400. The Kier molecular flexibility index (Phi) is 4.90. The van der Waals surface area contributed by atoms with Gasteiger partial charge in [0.1, 0.15) is 5.82 Å². The number of hydrogen-bond donors (Lipinski definition) is 1. The Balaban J connectivity index is 2.29. The summed E-state index contributed by atoms with van der Waals surface area (Å²) in [4.78, 5) is 21.2. The van der Waals surface area contributed by atoms with Crippen LogP contribution in [0.4, 0.5) is 5.82 Å². The van der Waals surface area contributed by atoms with Crippen LogP contribution < -0.4 is 5.32 Å². The molecule has 5 nitrogen and oxygen atoms in total. The minimum atomic E-state index is -0.529. The Morgan fingerprint density at radius 2 is 2.14 bits per heavy atom. The van der Waals surface area contributed by atoms with Crippen molar-refractivity contribution in [3.8, 4) is 0 Å². The summed E-state index contributed by atoms with van der Waals surface area (Å²) in [5.74, 6) is 0.572. The Bertz CT molecular complexity index is 611. The van der Waals surface area contributed by atoms with Crippen LogP contribution in [0.3, 0.4) is 0 Å². The van der Waals surface area contributed by atoms with Gasteiger partial charge in [0.05, 0.1) is 13.2 Å². The Labute approximate surface area is 128 Å². The van der Waals surface area contributed by atoms with E-state index in [2.05, 4.69) is 45.3 Å². The second-order valence-corrected chi connectivity index (χ2v) is 6.07. The Morgan fingerprint density at radius 3 is 2.71 bits per heavy atom. The number of methoxy groups -OCH3 is 1. The molecule has 0 aliphatic rings. The van der Waals surface area contributed by atoms with Crippen LogP contribution in [-0.2, 0) is 4.74 Å². The third-order valence-electron chi connectivity index (χ3n) is 3.04. The number of nitrogens with one attached hydrogen (secondary N) is 1. The number of aromatic nitrogens is 2.